The van der Waals surface area contributed by atoms with E-state index in [1.165, 1.54) is 0 Å². The number of hydrazine groups is 1. The van der Waals surface area contributed by atoms with Crippen LogP contribution in [0.15, 0.2) is 28.7 Å². The first-order valence-electron chi connectivity index (χ1n) is 7.44. The van der Waals surface area contributed by atoms with Gasteiger partial charge in [-0.1, -0.05) is 51.4 Å². The van der Waals surface area contributed by atoms with Gasteiger partial charge in [0.1, 0.15) is 5.76 Å². The summed E-state index contributed by atoms with van der Waals surface area (Å²) < 4.78 is 5.91. The van der Waals surface area contributed by atoms with E-state index in [9.17, 15) is 0 Å². The van der Waals surface area contributed by atoms with E-state index in [1.807, 2.05) is 24.3 Å². The molecule has 0 amide bonds. The van der Waals surface area contributed by atoms with E-state index < -0.39 is 0 Å². The van der Waals surface area contributed by atoms with Crippen molar-refractivity contribution in [1.29, 1.82) is 0 Å². The number of halogens is 1. The lowest BCUT2D eigenvalue weighted by atomic mass is 9.82. The van der Waals surface area contributed by atoms with Crippen molar-refractivity contribution in [2.24, 2.45) is 17.2 Å². The molecule has 2 atom stereocenters. The second kappa shape index (κ2) is 6.39. The zero-order valence-electron chi connectivity index (χ0n) is 13.2. The quantitative estimate of drug-likeness (QED) is 0.600. The molecular weight excluding hydrogens is 284 g/mol. The Morgan fingerprint density at radius 2 is 2.05 bits per heavy atom. The van der Waals surface area contributed by atoms with Gasteiger partial charge in [-0.2, -0.15) is 0 Å². The van der Waals surface area contributed by atoms with Crippen LogP contribution >= 0.6 is 11.6 Å². The van der Waals surface area contributed by atoms with Crippen molar-refractivity contribution in [3.8, 4) is 0 Å². The van der Waals surface area contributed by atoms with Gasteiger partial charge in [-0.15, -0.1) is 0 Å². The van der Waals surface area contributed by atoms with Gasteiger partial charge in [0.15, 0.2) is 5.58 Å². The molecule has 0 saturated carbocycles. The number of fused-ring (bicyclic) bond motifs is 1. The van der Waals surface area contributed by atoms with E-state index in [0.29, 0.717) is 16.4 Å². The van der Waals surface area contributed by atoms with Gasteiger partial charge in [-0.25, -0.2) is 5.43 Å². The van der Waals surface area contributed by atoms with Crippen molar-refractivity contribution in [3.05, 3.63) is 35.0 Å². The molecule has 116 valence electrons. The number of hydrogen-bond donors (Lipinski definition) is 2. The lowest BCUT2D eigenvalue weighted by Gasteiger charge is -2.25. The van der Waals surface area contributed by atoms with Crippen LogP contribution in [0.4, 0.5) is 0 Å². The van der Waals surface area contributed by atoms with Crippen molar-refractivity contribution in [2.45, 2.75) is 46.6 Å². The number of furan rings is 1. The average molecular weight is 309 g/mol. The second-order valence-corrected chi connectivity index (χ2v) is 7.54. The first-order chi connectivity index (χ1) is 9.80. The highest BCUT2D eigenvalue weighted by molar-refractivity contribution is 6.34. The van der Waals surface area contributed by atoms with E-state index >= 15 is 0 Å². The minimum atomic E-state index is 0.00539. The summed E-state index contributed by atoms with van der Waals surface area (Å²) in [7, 11) is 0. The molecule has 0 aliphatic rings. The van der Waals surface area contributed by atoms with E-state index in [4.69, 9.17) is 21.9 Å². The summed E-state index contributed by atoms with van der Waals surface area (Å²) in [5.41, 5.74) is 3.93. The number of hydrogen-bond acceptors (Lipinski definition) is 3. The van der Waals surface area contributed by atoms with Crippen LogP contribution in [-0.4, -0.2) is 0 Å². The highest BCUT2D eigenvalue weighted by Gasteiger charge is 2.22. The van der Waals surface area contributed by atoms with Crippen molar-refractivity contribution in [3.63, 3.8) is 0 Å². The van der Waals surface area contributed by atoms with E-state index in [2.05, 4.69) is 33.1 Å². The molecule has 2 aromatic rings. The number of benzene rings is 1. The van der Waals surface area contributed by atoms with Crippen LogP contribution in [-0.2, 0) is 0 Å². The standard InChI is InChI=1S/C17H25ClN2O/c1-11(10-17(2,3)4)8-14(20-19)15-9-12-6-5-7-13(18)16(12)21-15/h5-7,9,11,14,20H,8,10,19H2,1-4H3. The molecule has 1 heterocycles. The molecule has 0 fully saturated rings. The summed E-state index contributed by atoms with van der Waals surface area (Å²) in [5, 5.41) is 1.65. The van der Waals surface area contributed by atoms with Gasteiger partial charge in [0.05, 0.1) is 11.1 Å². The van der Waals surface area contributed by atoms with Crippen LogP contribution in [0.25, 0.3) is 11.0 Å². The predicted octanol–water partition coefficient (Wildman–Crippen LogP) is 5.05. The van der Waals surface area contributed by atoms with Gasteiger partial charge in [0.25, 0.3) is 0 Å². The van der Waals surface area contributed by atoms with Crippen LogP contribution in [0.2, 0.25) is 5.02 Å². The first-order valence-corrected chi connectivity index (χ1v) is 7.82. The average Bonchev–Trinajstić information content (AvgIpc) is 2.79. The predicted molar refractivity (Wildman–Crippen MR) is 89.1 cm³/mol. The van der Waals surface area contributed by atoms with E-state index in [1.54, 1.807) is 0 Å². The van der Waals surface area contributed by atoms with Crippen molar-refractivity contribution >= 4 is 22.6 Å². The Kier molecular flexibility index (Phi) is 4.97. The summed E-state index contributed by atoms with van der Waals surface area (Å²) in [6.07, 6.45) is 2.08. The third-order valence-electron chi connectivity index (χ3n) is 3.66. The summed E-state index contributed by atoms with van der Waals surface area (Å²) in [6.45, 7) is 9.03. The Bertz CT molecular complexity index is 600. The molecule has 0 aliphatic heterocycles. The summed E-state index contributed by atoms with van der Waals surface area (Å²) in [5.74, 6) is 7.13. The Labute approximate surface area is 131 Å². The molecule has 0 saturated heterocycles. The third-order valence-corrected chi connectivity index (χ3v) is 3.96. The highest BCUT2D eigenvalue weighted by atomic mass is 35.5. The fraction of sp³-hybridized carbons (Fsp3) is 0.529. The molecule has 0 radical (unpaired) electrons. The van der Waals surface area contributed by atoms with Crippen LogP contribution in [0.1, 0.15) is 52.3 Å². The molecular formula is C17H25ClN2O. The molecule has 21 heavy (non-hydrogen) atoms. The molecule has 0 bridgehead atoms. The van der Waals surface area contributed by atoms with Gasteiger partial charge >= 0.3 is 0 Å². The summed E-state index contributed by atoms with van der Waals surface area (Å²) >= 11 is 6.17. The number of nitrogens with one attached hydrogen (secondary N) is 1. The van der Waals surface area contributed by atoms with Gasteiger partial charge in [0, 0.05) is 5.39 Å². The topological polar surface area (TPSA) is 51.2 Å². The maximum atomic E-state index is 6.17. The minimum Gasteiger partial charge on any atom is -0.458 e. The lowest BCUT2D eigenvalue weighted by Crippen LogP contribution is -2.29. The van der Waals surface area contributed by atoms with Crippen LogP contribution < -0.4 is 11.3 Å². The smallest absolute Gasteiger partial charge is 0.152 e. The molecule has 0 spiro atoms. The molecule has 2 rings (SSSR count). The number of para-hydroxylation sites is 1. The Morgan fingerprint density at radius 3 is 2.62 bits per heavy atom. The second-order valence-electron chi connectivity index (χ2n) is 7.13. The normalized spacial score (nSPS) is 15.3. The highest BCUT2D eigenvalue weighted by Crippen LogP contribution is 2.34. The zero-order chi connectivity index (χ0) is 15.6. The van der Waals surface area contributed by atoms with E-state index in [0.717, 1.165) is 29.6 Å². The first kappa shape index (κ1) is 16.3. The van der Waals surface area contributed by atoms with Gasteiger partial charge in [0.2, 0.25) is 0 Å². The molecule has 2 unspecified atom stereocenters. The van der Waals surface area contributed by atoms with Crippen LogP contribution in [0, 0.1) is 11.3 Å². The molecule has 0 aliphatic carbocycles. The fourth-order valence-corrected chi connectivity index (χ4v) is 3.24. The fourth-order valence-electron chi connectivity index (χ4n) is 3.02. The van der Waals surface area contributed by atoms with Crippen molar-refractivity contribution in [2.75, 3.05) is 0 Å². The SMILES string of the molecule is CC(CC(NN)c1cc2cccc(Cl)c2o1)CC(C)(C)C. The number of rotatable bonds is 5. The third kappa shape index (κ3) is 4.22. The molecule has 1 aromatic heterocycles. The largest absolute Gasteiger partial charge is 0.458 e. The molecule has 3 N–H and O–H groups in total. The van der Waals surface area contributed by atoms with Gasteiger partial charge in [-0.3, -0.25) is 5.84 Å². The monoisotopic (exact) mass is 308 g/mol. The Morgan fingerprint density at radius 1 is 1.33 bits per heavy atom. The minimum absolute atomic E-state index is 0.00539. The van der Waals surface area contributed by atoms with Crippen LogP contribution in [0.3, 0.4) is 0 Å². The maximum Gasteiger partial charge on any atom is 0.152 e. The van der Waals surface area contributed by atoms with Gasteiger partial charge < -0.3 is 4.42 Å². The number of nitrogens with two attached hydrogens (primary N) is 1. The Balaban J connectivity index is 2.18. The molecule has 4 heteroatoms. The Hall–Kier alpha value is -1.03. The molecule has 1 aromatic carbocycles. The maximum absolute atomic E-state index is 6.17. The van der Waals surface area contributed by atoms with Crippen molar-refractivity contribution in [1.82, 2.24) is 5.43 Å². The zero-order valence-corrected chi connectivity index (χ0v) is 14.0. The van der Waals surface area contributed by atoms with Crippen molar-refractivity contribution < 1.29 is 4.42 Å². The van der Waals surface area contributed by atoms with E-state index in [-0.39, 0.29) is 6.04 Å². The summed E-state index contributed by atoms with van der Waals surface area (Å²) in [6, 6.07) is 7.79. The molecule has 3 nitrogen and oxygen atoms in total. The van der Waals surface area contributed by atoms with Crippen LogP contribution in [0.5, 0.6) is 0 Å². The van der Waals surface area contributed by atoms with Gasteiger partial charge in [-0.05, 0) is 36.3 Å². The summed E-state index contributed by atoms with van der Waals surface area (Å²) in [4.78, 5) is 0. The lowest BCUT2D eigenvalue weighted by molar-refractivity contribution is 0.266.